The van der Waals surface area contributed by atoms with Crippen molar-refractivity contribution in [1.29, 1.82) is 0 Å². The van der Waals surface area contributed by atoms with E-state index in [0.717, 1.165) is 39.0 Å². The van der Waals surface area contributed by atoms with Crippen molar-refractivity contribution in [3.05, 3.63) is 0 Å². The standard InChI is InChI=1S/C11H18N2O/c14-10(9-2-3-9)13-5-1-4-11(8-13)6-12-7-11/h9,12H,1-8H2. The Labute approximate surface area is 84.8 Å². The first-order valence-electron chi connectivity index (χ1n) is 5.79. The van der Waals surface area contributed by atoms with E-state index in [1.54, 1.807) is 0 Å². The highest BCUT2D eigenvalue weighted by molar-refractivity contribution is 5.81. The molecule has 0 atom stereocenters. The first kappa shape index (κ1) is 8.72. The molecule has 78 valence electrons. The van der Waals surface area contributed by atoms with Crippen LogP contribution in [0, 0.1) is 11.3 Å². The Balaban J connectivity index is 1.65. The molecule has 3 fully saturated rings. The van der Waals surface area contributed by atoms with Crippen LogP contribution in [0.25, 0.3) is 0 Å². The highest BCUT2D eigenvalue weighted by Crippen LogP contribution is 2.37. The molecular weight excluding hydrogens is 176 g/mol. The van der Waals surface area contributed by atoms with Gasteiger partial charge in [0, 0.05) is 37.5 Å². The molecule has 0 unspecified atom stereocenters. The quantitative estimate of drug-likeness (QED) is 0.663. The predicted octanol–water partition coefficient (Wildman–Crippen LogP) is 0.608. The summed E-state index contributed by atoms with van der Waals surface area (Å²) < 4.78 is 0. The van der Waals surface area contributed by atoms with Gasteiger partial charge in [0.25, 0.3) is 0 Å². The Morgan fingerprint density at radius 3 is 2.71 bits per heavy atom. The summed E-state index contributed by atoms with van der Waals surface area (Å²) in [4.78, 5) is 14.0. The summed E-state index contributed by atoms with van der Waals surface area (Å²) in [6.07, 6.45) is 4.80. The SMILES string of the molecule is O=C(C1CC1)N1CCCC2(CNC2)C1. The third kappa shape index (κ3) is 1.34. The Kier molecular flexibility index (Phi) is 1.84. The van der Waals surface area contributed by atoms with Crippen molar-refractivity contribution in [1.82, 2.24) is 10.2 Å². The Morgan fingerprint density at radius 1 is 1.36 bits per heavy atom. The summed E-state index contributed by atoms with van der Waals surface area (Å²) in [5, 5.41) is 3.34. The molecule has 3 aliphatic rings. The second kappa shape index (κ2) is 2.96. The van der Waals surface area contributed by atoms with Gasteiger partial charge in [-0.2, -0.15) is 0 Å². The van der Waals surface area contributed by atoms with Gasteiger partial charge in [0.2, 0.25) is 5.91 Å². The van der Waals surface area contributed by atoms with Crippen LogP contribution < -0.4 is 5.32 Å². The number of piperidine rings is 1. The van der Waals surface area contributed by atoms with Crippen molar-refractivity contribution in [2.45, 2.75) is 25.7 Å². The molecule has 2 heterocycles. The van der Waals surface area contributed by atoms with Crippen molar-refractivity contribution in [2.75, 3.05) is 26.2 Å². The van der Waals surface area contributed by atoms with Crippen LogP contribution in [-0.2, 0) is 4.79 Å². The number of carbonyl (C=O) groups excluding carboxylic acids is 1. The van der Waals surface area contributed by atoms with Gasteiger partial charge in [-0.3, -0.25) is 4.79 Å². The lowest BCUT2D eigenvalue weighted by molar-refractivity contribution is -0.137. The molecule has 2 aliphatic heterocycles. The lowest BCUT2D eigenvalue weighted by Gasteiger charge is -2.49. The van der Waals surface area contributed by atoms with E-state index in [-0.39, 0.29) is 0 Å². The zero-order chi connectivity index (χ0) is 9.60. The van der Waals surface area contributed by atoms with Gasteiger partial charge in [0.05, 0.1) is 0 Å². The summed E-state index contributed by atoms with van der Waals surface area (Å²) in [7, 11) is 0. The maximum atomic E-state index is 11.9. The van der Waals surface area contributed by atoms with Gasteiger partial charge < -0.3 is 10.2 Å². The lowest BCUT2D eigenvalue weighted by atomic mass is 9.75. The van der Waals surface area contributed by atoms with Crippen molar-refractivity contribution in [3.63, 3.8) is 0 Å². The number of likely N-dealkylation sites (tertiary alicyclic amines) is 1. The monoisotopic (exact) mass is 194 g/mol. The summed E-state index contributed by atoms with van der Waals surface area (Å²) in [5.41, 5.74) is 0.461. The topological polar surface area (TPSA) is 32.3 Å². The minimum absolute atomic E-state index is 0.401. The first-order chi connectivity index (χ1) is 6.79. The molecule has 1 spiro atoms. The summed E-state index contributed by atoms with van der Waals surface area (Å²) >= 11 is 0. The molecule has 1 amide bonds. The van der Waals surface area contributed by atoms with E-state index in [4.69, 9.17) is 0 Å². The minimum Gasteiger partial charge on any atom is -0.342 e. The smallest absolute Gasteiger partial charge is 0.225 e. The van der Waals surface area contributed by atoms with Crippen LogP contribution in [0.4, 0.5) is 0 Å². The molecule has 1 saturated carbocycles. The normalized spacial score (nSPS) is 30.1. The Bertz CT molecular complexity index is 256. The third-order valence-corrected chi connectivity index (χ3v) is 3.90. The number of hydrogen-bond donors (Lipinski definition) is 1. The highest BCUT2D eigenvalue weighted by atomic mass is 16.2. The second-order valence-electron chi connectivity index (χ2n) is 5.24. The van der Waals surface area contributed by atoms with Crippen LogP contribution >= 0.6 is 0 Å². The van der Waals surface area contributed by atoms with Crippen LogP contribution in [0.1, 0.15) is 25.7 Å². The van der Waals surface area contributed by atoms with Crippen LogP contribution in [0.15, 0.2) is 0 Å². The van der Waals surface area contributed by atoms with Gasteiger partial charge in [-0.1, -0.05) is 0 Å². The maximum absolute atomic E-state index is 11.9. The fraction of sp³-hybridized carbons (Fsp3) is 0.909. The fourth-order valence-electron chi connectivity index (χ4n) is 2.75. The molecule has 0 aromatic heterocycles. The molecule has 14 heavy (non-hydrogen) atoms. The molecule has 1 aliphatic carbocycles. The van der Waals surface area contributed by atoms with E-state index in [1.165, 1.54) is 12.8 Å². The third-order valence-electron chi connectivity index (χ3n) is 3.90. The Hall–Kier alpha value is -0.570. The number of nitrogens with one attached hydrogen (secondary N) is 1. The zero-order valence-corrected chi connectivity index (χ0v) is 8.59. The Morgan fingerprint density at radius 2 is 2.14 bits per heavy atom. The summed E-state index contributed by atoms with van der Waals surface area (Å²) in [6.45, 7) is 4.29. The van der Waals surface area contributed by atoms with Crippen molar-refractivity contribution < 1.29 is 4.79 Å². The molecule has 2 saturated heterocycles. The summed E-state index contributed by atoms with van der Waals surface area (Å²) in [6, 6.07) is 0. The van der Waals surface area contributed by atoms with Gasteiger partial charge in [-0.25, -0.2) is 0 Å². The molecule has 3 heteroatoms. The molecule has 0 bridgehead atoms. The van der Waals surface area contributed by atoms with E-state index in [1.807, 2.05) is 0 Å². The van der Waals surface area contributed by atoms with E-state index in [9.17, 15) is 4.79 Å². The average Bonchev–Trinajstić information content (AvgIpc) is 2.98. The van der Waals surface area contributed by atoms with Crippen molar-refractivity contribution in [3.8, 4) is 0 Å². The molecule has 0 aromatic carbocycles. The molecule has 0 aromatic rings. The van der Waals surface area contributed by atoms with Gasteiger partial charge >= 0.3 is 0 Å². The lowest BCUT2D eigenvalue weighted by Crippen LogP contribution is -2.62. The molecule has 3 nitrogen and oxygen atoms in total. The minimum atomic E-state index is 0.401. The van der Waals surface area contributed by atoms with Gasteiger partial charge in [0.1, 0.15) is 0 Å². The van der Waals surface area contributed by atoms with Gasteiger partial charge in [-0.15, -0.1) is 0 Å². The fourth-order valence-corrected chi connectivity index (χ4v) is 2.75. The average molecular weight is 194 g/mol. The van der Waals surface area contributed by atoms with E-state index in [0.29, 0.717) is 17.2 Å². The van der Waals surface area contributed by atoms with E-state index in [2.05, 4.69) is 10.2 Å². The largest absolute Gasteiger partial charge is 0.342 e. The van der Waals surface area contributed by atoms with E-state index >= 15 is 0 Å². The number of hydrogen-bond acceptors (Lipinski definition) is 2. The molecule has 1 N–H and O–H groups in total. The van der Waals surface area contributed by atoms with Crippen LogP contribution in [0.3, 0.4) is 0 Å². The first-order valence-corrected chi connectivity index (χ1v) is 5.79. The molecule has 3 rings (SSSR count). The zero-order valence-electron chi connectivity index (χ0n) is 8.59. The number of amides is 1. The number of rotatable bonds is 1. The maximum Gasteiger partial charge on any atom is 0.225 e. The molecular formula is C11H18N2O. The molecule has 0 radical (unpaired) electrons. The number of nitrogens with zero attached hydrogens (tertiary/aromatic N) is 1. The predicted molar refractivity (Wildman–Crippen MR) is 53.8 cm³/mol. The van der Waals surface area contributed by atoms with Gasteiger partial charge in [-0.05, 0) is 25.7 Å². The number of carbonyl (C=O) groups is 1. The van der Waals surface area contributed by atoms with E-state index < -0.39 is 0 Å². The summed E-state index contributed by atoms with van der Waals surface area (Å²) in [5.74, 6) is 0.842. The van der Waals surface area contributed by atoms with Crippen LogP contribution in [-0.4, -0.2) is 37.0 Å². The van der Waals surface area contributed by atoms with Crippen LogP contribution in [0.5, 0.6) is 0 Å². The van der Waals surface area contributed by atoms with Crippen molar-refractivity contribution >= 4 is 5.91 Å². The van der Waals surface area contributed by atoms with Crippen molar-refractivity contribution in [2.24, 2.45) is 11.3 Å². The van der Waals surface area contributed by atoms with Gasteiger partial charge in [0.15, 0.2) is 0 Å². The second-order valence-corrected chi connectivity index (χ2v) is 5.24. The highest BCUT2D eigenvalue weighted by Gasteiger charge is 2.44. The van der Waals surface area contributed by atoms with Crippen LogP contribution in [0.2, 0.25) is 0 Å².